The van der Waals surface area contributed by atoms with Crippen molar-refractivity contribution in [3.63, 3.8) is 0 Å². The van der Waals surface area contributed by atoms with E-state index < -0.39 is 0 Å². The zero-order chi connectivity index (χ0) is 13.8. The van der Waals surface area contributed by atoms with Crippen LogP contribution < -0.4 is 5.32 Å². The van der Waals surface area contributed by atoms with Crippen molar-refractivity contribution < 1.29 is 4.39 Å². The minimum atomic E-state index is -0.163. The smallest absolute Gasteiger partial charge is 0.191 e. The van der Waals surface area contributed by atoms with Crippen molar-refractivity contribution in [2.45, 2.75) is 24.4 Å². The molecule has 0 bridgehead atoms. The number of aryl methyl sites for hydroxylation is 1. The van der Waals surface area contributed by atoms with Gasteiger partial charge >= 0.3 is 0 Å². The second-order valence-electron chi connectivity index (χ2n) is 4.36. The Labute approximate surface area is 116 Å². The SMILES string of the molecule is CNCc1nnc(SCc2ccc(F)c(C)c2)n1C. The lowest BCUT2D eigenvalue weighted by atomic mass is 10.1. The number of benzene rings is 1. The number of hydrogen-bond donors (Lipinski definition) is 1. The predicted octanol–water partition coefficient (Wildman–Crippen LogP) is 2.27. The lowest BCUT2D eigenvalue weighted by molar-refractivity contribution is 0.618. The first-order valence-electron chi connectivity index (χ1n) is 6.02. The molecular formula is C13H17FN4S. The van der Waals surface area contributed by atoms with Gasteiger partial charge in [0.05, 0.1) is 6.54 Å². The Kier molecular flexibility index (Phi) is 4.55. The number of nitrogens with one attached hydrogen (secondary N) is 1. The third-order valence-electron chi connectivity index (χ3n) is 2.85. The van der Waals surface area contributed by atoms with E-state index in [0.717, 1.165) is 22.3 Å². The van der Waals surface area contributed by atoms with Crippen molar-refractivity contribution >= 4 is 11.8 Å². The molecule has 4 nitrogen and oxygen atoms in total. The topological polar surface area (TPSA) is 42.7 Å². The van der Waals surface area contributed by atoms with Crippen molar-refractivity contribution in [1.82, 2.24) is 20.1 Å². The van der Waals surface area contributed by atoms with Gasteiger partial charge in [-0.25, -0.2) is 4.39 Å². The number of thioether (sulfide) groups is 1. The van der Waals surface area contributed by atoms with Crippen LogP contribution in [0.3, 0.4) is 0 Å². The van der Waals surface area contributed by atoms with Crippen LogP contribution in [0.1, 0.15) is 17.0 Å². The van der Waals surface area contributed by atoms with Crippen LogP contribution in [0.25, 0.3) is 0 Å². The molecular weight excluding hydrogens is 263 g/mol. The maximum atomic E-state index is 13.2. The van der Waals surface area contributed by atoms with Crippen LogP contribution >= 0.6 is 11.8 Å². The van der Waals surface area contributed by atoms with Crippen LogP contribution in [-0.2, 0) is 19.3 Å². The summed E-state index contributed by atoms with van der Waals surface area (Å²) in [6.45, 7) is 2.47. The van der Waals surface area contributed by atoms with Crippen LogP contribution in [0.4, 0.5) is 4.39 Å². The van der Waals surface area contributed by atoms with Gasteiger partial charge in [-0.1, -0.05) is 23.9 Å². The van der Waals surface area contributed by atoms with Crippen LogP contribution in [0.2, 0.25) is 0 Å². The van der Waals surface area contributed by atoms with E-state index in [1.165, 1.54) is 6.07 Å². The summed E-state index contributed by atoms with van der Waals surface area (Å²) >= 11 is 1.60. The van der Waals surface area contributed by atoms with E-state index in [2.05, 4.69) is 15.5 Å². The van der Waals surface area contributed by atoms with Gasteiger partial charge in [-0.15, -0.1) is 10.2 Å². The highest BCUT2D eigenvalue weighted by molar-refractivity contribution is 7.98. The van der Waals surface area contributed by atoms with Crippen molar-refractivity contribution in [3.8, 4) is 0 Å². The third-order valence-corrected chi connectivity index (χ3v) is 3.94. The maximum Gasteiger partial charge on any atom is 0.191 e. The van der Waals surface area contributed by atoms with Gasteiger partial charge in [0.1, 0.15) is 11.6 Å². The van der Waals surface area contributed by atoms with Gasteiger partial charge in [-0.05, 0) is 31.2 Å². The molecule has 2 aromatic rings. The molecule has 0 fully saturated rings. The Morgan fingerprint density at radius 1 is 1.37 bits per heavy atom. The van der Waals surface area contributed by atoms with Gasteiger partial charge in [-0.2, -0.15) is 0 Å². The van der Waals surface area contributed by atoms with Crippen LogP contribution in [0.15, 0.2) is 23.4 Å². The summed E-state index contributed by atoms with van der Waals surface area (Å²) in [5.41, 5.74) is 1.76. The number of aromatic nitrogens is 3. The Bertz CT molecular complexity index is 568. The molecule has 1 N–H and O–H groups in total. The molecule has 0 radical (unpaired) electrons. The molecule has 6 heteroatoms. The summed E-state index contributed by atoms with van der Waals surface area (Å²) < 4.78 is 15.1. The highest BCUT2D eigenvalue weighted by Gasteiger charge is 2.09. The average molecular weight is 280 g/mol. The molecule has 0 aliphatic rings. The highest BCUT2D eigenvalue weighted by Crippen LogP contribution is 2.22. The molecule has 0 atom stereocenters. The summed E-state index contributed by atoms with van der Waals surface area (Å²) in [5.74, 6) is 1.50. The molecule has 0 aliphatic heterocycles. The summed E-state index contributed by atoms with van der Waals surface area (Å²) in [6, 6.07) is 5.18. The van der Waals surface area contributed by atoms with Gasteiger partial charge < -0.3 is 9.88 Å². The molecule has 1 heterocycles. The minimum Gasteiger partial charge on any atom is -0.313 e. The fourth-order valence-corrected chi connectivity index (χ4v) is 2.60. The van der Waals surface area contributed by atoms with Gasteiger partial charge in [-0.3, -0.25) is 0 Å². The van der Waals surface area contributed by atoms with Crippen LogP contribution in [0.5, 0.6) is 0 Å². The van der Waals surface area contributed by atoms with Gasteiger partial charge in [0, 0.05) is 12.8 Å². The first-order valence-corrected chi connectivity index (χ1v) is 7.01. The largest absolute Gasteiger partial charge is 0.313 e. The quantitative estimate of drug-likeness (QED) is 0.853. The van der Waals surface area contributed by atoms with E-state index in [-0.39, 0.29) is 5.82 Å². The number of rotatable bonds is 5. The molecule has 2 rings (SSSR count). The standard InChI is InChI=1S/C13H17FN4S/c1-9-6-10(4-5-11(9)14)8-19-13-17-16-12(7-15-2)18(13)3/h4-6,15H,7-8H2,1-3H3. The van der Waals surface area contributed by atoms with E-state index in [1.807, 2.05) is 24.7 Å². The summed E-state index contributed by atoms with van der Waals surface area (Å²) in [5, 5.41) is 12.2. The lowest BCUT2D eigenvalue weighted by Gasteiger charge is -2.04. The van der Waals surface area contributed by atoms with Gasteiger partial charge in [0.2, 0.25) is 0 Å². The van der Waals surface area contributed by atoms with Gasteiger partial charge in [0.15, 0.2) is 5.16 Å². The van der Waals surface area contributed by atoms with Crippen LogP contribution in [-0.4, -0.2) is 21.8 Å². The first-order chi connectivity index (χ1) is 9.11. The summed E-state index contributed by atoms with van der Waals surface area (Å²) in [6.07, 6.45) is 0. The molecule has 0 aliphatic carbocycles. The lowest BCUT2D eigenvalue weighted by Crippen LogP contribution is -2.10. The molecule has 0 amide bonds. The third kappa shape index (κ3) is 3.33. The summed E-state index contributed by atoms with van der Waals surface area (Å²) in [4.78, 5) is 0. The number of hydrogen-bond acceptors (Lipinski definition) is 4. The molecule has 0 saturated carbocycles. The highest BCUT2D eigenvalue weighted by atomic mass is 32.2. The summed E-state index contributed by atoms with van der Waals surface area (Å²) in [7, 11) is 3.83. The van der Waals surface area contributed by atoms with Crippen molar-refractivity contribution in [2.75, 3.05) is 7.05 Å². The molecule has 1 aromatic carbocycles. The maximum absolute atomic E-state index is 13.2. The van der Waals surface area contributed by atoms with E-state index in [9.17, 15) is 4.39 Å². The molecule has 1 aromatic heterocycles. The molecule has 0 saturated heterocycles. The minimum absolute atomic E-state index is 0.163. The molecule has 19 heavy (non-hydrogen) atoms. The Morgan fingerprint density at radius 2 is 2.16 bits per heavy atom. The zero-order valence-electron chi connectivity index (χ0n) is 11.3. The molecule has 102 valence electrons. The Hall–Kier alpha value is -1.40. The predicted molar refractivity (Wildman–Crippen MR) is 74.5 cm³/mol. The number of halogens is 1. The fraction of sp³-hybridized carbons (Fsp3) is 0.385. The van der Waals surface area contributed by atoms with E-state index in [4.69, 9.17) is 0 Å². The van der Waals surface area contributed by atoms with Gasteiger partial charge in [0.25, 0.3) is 0 Å². The second kappa shape index (κ2) is 6.16. The fourth-order valence-electron chi connectivity index (χ4n) is 1.73. The Balaban J connectivity index is 2.04. The van der Waals surface area contributed by atoms with E-state index in [0.29, 0.717) is 12.1 Å². The van der Waals surface area contributed by atoms with Crippen LogP contribution in [0, 0.1) is 12.7 Å². The molecule has 0 unspecified atom stereocenters. The monoisotopic (exact) mass is 280 g/mol. The van der Waals surface area contributed by atoms with Crippen molar-refractivity contribution in [3.05, 3.63) is 41.0 Å². The first kappa shape index (κ1) is 14.0. The van der Waals surface area contributed by atoms with E-state index >= 15 is 0 Å². The average Bonchev–Trinajstić information content (AvgIpc) is 2.73. The second-order valence-corrected chi connectivity index (χ2v) is 5.30. The number of nitrogens with zero attached hydrogens (tertiary/aromatic N) is 3. The molecule has 0 spiro atoms. The van der Waals surface area contributed by atoms with Crippen molar-refractivity contribution in [2.24, 2.45) is 7.05 Å². The normalized spacial score (nSPS) is 10.9. The zero-order valence-corrected chi connectivity index (χ0v) is 12.1. The van der Waals surface area contributed by atoms with E-state index in [1.54, 1.807) is 24.8 Å². The Morgan fingerprint density at radius 3 is 2.84 bits per heavy atom. The van der Waals surface area contributed by atoms with Crippen molar-refractivity contribution in [1.29, 1.82) is 0 Å².